The van der Waals surface area contributed by atoms with Crippen LogP contribution >= 0.6 is 41.9 Å². The zero-order chi connectivity index (χ0) is 11.5. The highest BCUT2D eigenvalue weighted by molar-refractivity contribution is 9.11. The standard InChI is InChI=1S/C8H15Br2N3OS/c1-15(2,3)5-4-14-6-13-8(10)11-7(9)12-13/h4-6H2,1-3H3. The van der Waals surface area contributed by atoms with Gasteiger partial charge < -0.3 is 4.74 Å². The van der Waals surface area contributed by atoms with Crippen molar-refractivity contribution in [2.45, 2.75) is 6.73 Å². The average Bonchev–Trinajstić information content (AvgIpc) is 2.37. The van der Waals surface area contributed by atoms with Gasteiger partial charge in [0.25, 0.3) is 0 Å². The molecule has 0 aromatic carbocycles. The summed E-state index contributed by atoms with van der Waals surface area (Å²) in [5.41, 5.74) is 0. The first-order valence-electron chi connectivity index (χ1n) is 4.38. The van der Waals surface area contributed by atoms with Crippen molar-refractivity contribution >= 4 is 41.9 Å². The average molecular weight is 361 g/mol. The number of hydrogen-bond acceptors (Lipinski definition) is 3. The summed E-state index contributed by atoms with van der Waals surface area (Å²) < 4.78 is 8.44. The van der Waals surface area contributed by atoms with Gasteiger partial charge in [0.15, 0.2) is 4.73 Å². The molecule has 0 bridgehead atoms. The van der Waals surface area contributed by atoms with Crippen LogP contribution in [-0.2, 0) is 11.5 Å². The number of ether oxygens (including phenoxy) is 1. The van der Waals surface area contributed by atoms with Crippen molar-refractivity contribution < 1.29 is 4.74 Å². The molecule has 0 fully saturated rings. The monoisotopic (exact) mass is 359 g/mol. The largest absolute Gasteiger partial charge is 0.358 e. The Balaban J connectivity index is 2.29. The first-order valence-corrected chi connectivity index (χ1v) is 8.99. The van der Waals surface area contributed by atoms with E-state index in [2.05, 4.69) is 60.7 Å². The molecule has 0 aliphatic carbocycles. The minimum atomic E-state index is -0.475. The predicted octanol–water partition coefficient (Wildman–Crippen LogP) is 2.47. The van der Waals surface area contributed by atoms with Gasteiger partial charge in [0.05, 0.1) is 6.61 Å². The van der Waals surface area contributed by atoms with E-state index in [9.17, 15) is 0 Å². The van der Waals surface area contributed by atoms with E-state index in [-0.39, 0.29) is 0 Å². The Morgan fingerprint density at radius 1 is 1.33 bits per heavy atom. The van der Waals surface area contributed by atoms with Gasteiger partial charge >= 0.3 is 0 Å². The Labute approximate surface area is 108 Å². The van der Waals surface area contributed by atoms with E-state index in [0.717, 1.165) is 12.4 Å². The molecular formula is C8H15Br2N3OS. The van der Waals surface area contributed by atoms with Gasteiger partial charge in [-0.25, -0.2) is 14.7 Å². The van der Waals surface area contributed by atoms with E-state index in [0.29, 0.717) is 16.2 Å². The Kier molecular flexibility index (Phi) is 5.08. The van der Waals surface area contributed by atoms with E-state index in [4.69, 9.17) is 4.74 Å². The highest BCUT2D eigenvalue weighted by atomic mass is 79.9. The topological polar surface area (TPSA) is 39.9 Å². The maximum atomic E-state index is 5.52. The molecule has 0 saturated carbocycles. The Morgan fingerprint density at radius 2 is 2.00 bits per heavy atom. The second-order valence-electron chi connectivity index (χ2n) is 3.98. The zero-order valence-corrected chi connectivity index (χ0v) is 13.0. The van der Waals surface area contributed by atoms with Crippen LogP contribution in [0.4, 0.5) is 0 Å². The lowest BCUT2D eigenvalue weighted by atomic mass is 10.8. The number of halogens is 2. The molecule has 15 heavy (non-hydrogen) atoms. The molecular weight excluding hydrogens is 346 g/mol. The second kappa shape index (κ2) is 5.65. The normalized spacial score (nSPS) is 13.1. The second-order valence-corrected chi connectivity index (χ2v) is 9.99. The molecule has 0 radical (unpaired) electrons. The molecule has 88 valence electrons. The lowest BCUT2D eigenvalue weighted by molar-refractivity contribution is 0.0788. The van der Waals surface area contributed by atoms with Crippen molar-refractivity contribution in [3.63, 3.8) is 0 Å². The van der Waals surface area contributed by atoms with Crippen LogP contribution in [-0.4, -0.2) is 45.9 Å². The third-order valence-corrected chi connectivity index (χ3v) is 3.97. The van der Waals surface area contributed by atoms with Crippen LogP contribution in [0.25, 0.3) is 0 Å². The summed E-state index contributed by atoms with van der Waals surface area (Å²) in [5, 5.41) is 4.10. The molecule has 0 aliphatic heterocycles. The number of aromatic nitrogens is 3. The molecule has 0 N–H and O–H groups in total. The highest BCUT2D eigenvalue weighted by Crippen LogP contribution is 2.33. The third kappa shape index (κ3) is 5.33. The summed E-state index contributed by atoms with van der Waals surface area (Å²) in [6, 6.07) is 0. The number of nitrogens with zero attached hydrogens (tertiary/aromatic N) is 3. The van der Waals surface area contributed by atoms with Crippen LogP contribution in [0.15, 0.2) is 9.47 Å². The summed E-state index contributed by atoms with van der Waals surface area (Å²) in [7, 11) is -0.475. The molecule has 0 unspecified atom stereocenters. The molecule has 1 aromatic heterocycles. The molecule has 1 heterocycles. The van der Waals surface area contributed by atoms with Crippen LogP contribution in [0.3, 0.4) is 0 Å². The fourth-order valence-corrected chi connectivity index (χ4v) is 2.40. The predicted molar refractivity (Wildman–Crippen MR) is 71.6 cm³/mol. The highest BCUT2D eigenvalue weighted by Gasteiger charge is 2.06. The van der Waals surface area contributed by atoms with E-state index >= 15 is 0 Å². The maximum absolute atomic E-state index is 5.52. The molecule has 0 saturated heterocycles. The van der Waals surface area contributed by atoms with Crippen LogP contribution in [0.5, 0.6) is 0 Å². The molecule has 0 amide bonds. The van der Waals surface area contributed by atoms with Gasteiger partial charge in [-0.3, -0.25) is 0 Å². The van der Waals surface area contributed by atoms with E-state index in [1.807, 2.05) is 0 Å². The fraction of sp³-hybridized carbons (Fsp3) is 0.750. The van der Waals surface area contributed by atoms with Crippen molar-refractivity contribution in [1.29, 1.82) is 0 Å². The molecule has 4 nitrogen and oxygen atoms in total. The number of hydrogen-bond donors (Lipinski definition) is 0. The summed E-state index contributed by atoms with van der Waals surface area (Å²) in [5.74, 6) is 1.11. The molecule has 7 heteroatoms. The van der Waals surface area contributed by atoms with E-state index in [1.54, 1.807) is 4.68 Å². The van der Waals surface area contributed by atoms with Crippen LogP contribution in [0.1, 0.15) is 0 Å². The first-order chi connectivity index (χ1) is 6.88. The maximum Gasteiger partial charge on any atom is 0.218 e. The summed E-state index contributed by atoms with van der Waals surface area (Å²) in [6.07, 6.45) is 6.83. The van der Waals surface area contributed by atoms with Crippen molar-refractivity contribution in [3.8, 4) is 0 Å². The van der Waals surface area contributed by atoms with Crippen LogP contribution in [0.2, 0.25) is 0 Å². The van der Waals surface area contributed by atoms with Crippen molar-refractivity contribution in [3.05, 3.63) is 9.47 Å². The minimum absolute atomic E-state index is 0.439. The lowest BCUT2D eigenvalue weighted by Gasteiger charge is -2.24. The Morgan fingerprint density at radius 3 is 2.47 bits per heavy atom. The van der Waals surface area contributed by atoms with Crippen LogP contribution in [0, 0.1) is 0 Å². The lowest BCUT2D eigenvalue weighted by Crippen LogP contribution is -2.10. The number of rotatable bonds is 5. The SMILES string of the molecule is CS(C)(C)CCOCn1nc(Br)nc1Br. The third-order valence-electron chi connectivity index (χ3n) is 1.65. The fourth-order valence-electron chi connectivity index (χ4n) is 0.839. The smallest absolute Gasteiger partial charge is 0.218 e. The van der Waals surface area contributed by atoms with Gasteiger partial charge in [-0.1, -0.05) is 0 Å². The summed E-state index contributed by atoms with van der Waals surface area (Å²) >= 11 is 6.49. The quantitative estimate of drug-likeness (QED) is 0.757. The molecule has 1 aromatic rings. The Bertz CT molecular complexity index is 324. The zero-order valence-electron chi connectivity index (χ0n) is 9.04. The van der Waals surface area contributed by atoms with Crippen molar-refractivity contribution in [2.24, 2.45) is 0 Å². The summed E-state index contributed by atoms with van der Waals surface area (Å²) in [4.78, 5) is 4.05. The van der Waals surface area contributed by atoms with Gasteiger partial charge in [0, 0.05) is 5.75 Å². The molecule has 0 atom stereocenters. The van der Waals surface area contributed by atoms with Gasteiger partial charge in [0.1, 0.15) is 6.73 Å². The minimum Gasteiger partial charge on any atom is -0.358 e. The molecule has 0 aliphatic rings. The van der Waals surface area contributed by atoms with Crippen molar-refractivity contribution in [2.75, 3.05) is 31.1 Å². The molecule has 0 spiro atoms. The van der Waals surface area contributed by atoms with E-state index < -0.39 is 10.0 Å². The van der Waals surface area contributed by atoms with Gasteiger partial charge in [-0.2, -0.15) is 4.98 Å². The van der Waals surface area contributed by atoms with E-state index in [1.165, 1.54) is 0 Å². The Hall–Kier alpha value is 0.410. The molecule has 1 rings (SSSR count). The van der Waals surface area contributed by atoms with Crippen LogP contribution < -0.4 is 0 Å². The van der Waals surface area contributed by atoms with Gasteiger partial charge in [-0.05, 0) is 50.6 Å². The first kappa shape index (κ1) is 13.5. The van der Waals surface area contributed by atoms with Gasteiger partial charge in [0.2, 0.25) is 4.73 Å². The van der Waals surface area contributed by atoms with Gasteiger partial charge in [-0.15, -0.1) is 5.10 Å². The summed E-state index contributed by atoms with van der Waals surface area (Å²) in [6.45, 7) is 1.21. The van der Waals surface area contributed by atoms with Crippen molar-refractivity contribution in [1.82, 2.24) is 14.8 Å².